The van der Waals surface area contributed by atoms with Crippen molar-refractivity contribution < 1.29 is 9.53 Å². The van der Waals surface area contributed by atoms with Crippen molar-refractivity contribution in [2.24, 2.45) is 0 Å². The van der Waals surface area contributed by atoms with Gasteiger partial charge in [0, 0.05) is 24.8 Å². The summed E-state index contributed by atoms with van der Waals surface area (Å²) in [6.07, 6.45) is 7.74. The lowest BCUT2D eigenvalue weighted by Gasteiger charge is -2.25. The van der Waals surface area contributed by atoms with Gasteiger partial charge >= 0.3 is 0 Å². The van der Waals surface area contributed by atoms with Crippen molar-refractivity contribution in [1.82, 2.24) is 0 Å². The molecule has 1 rings (SSSR count). The van der Waals surface area contributed by atoms with Crippen molar-refractivity contribution in [2.75, 3.05) is 24.6 Å². The molecule has 124 valence electrons. The third-order valence-corrected chi connectivity index (χ3v) is 3.81. The number of aldehydes is 1. The first-order valence-corrected chi connectivity index (χ1v) is 8.73. The lowest BCUT2D eigenvalue weighted by molar-refractivity contribution is 0.111. The maximum absolute atomic E-state index is 11.2. The normalized spacial score (nSPS) is 10.5. The van der Waals surface area contributed by atoms with Crippen molar-refractivity contribution in [3.63, 3.8) is 0 Å². The topological polar surface area (TPSA) is 29.5 Å². The first-order valence-electron chi connectivity index (χ1n) is 8.73. The fraction of sp³-hybridized carbons (Fsp3) is 0.632. The van der Waals surface area contributed by atoms with Gasteiger partial charge in [-0.2, -0.15) is 0 Å². The lowest BCUT2D eigenvalue weighted by atomic mass is 10.1. The molecule has 0 radical (unpaired) electrons. The Kier molecular flexibility index (Phi) is 9.36. The standard InChI is InChI=1S/C19H31NO2/c1-4-7-12-20(13-8-5-2)18-11-10-17(16-21)19(15-18)22-14-9-6-3/h10-11,15-16H,4-9,12-14H2,1-3H3. The van der Waals surface area contributed by atoms with Gasteiger partial charge in [0.05, 0.1) is 12.2 Å². The molecular weight excluding hydrogens is 274 g/mol. The number of unbranched alkanes of at least 4 members (excludes halogenated alkanes) is 3. The molecule has 0 spiro atoms. The molecule has 3 nitrogen and oxygen atoms in total. The number of ether oxygens (including phenoxy) is 1. The predicted molar refractivity (Wildman–Crippen MR) is 94.3 cm³/mol. The molecule has 0 saturated carbocycles. The van der Waals surface area contributed by atoms with Crippen molar-refractivity contribution in [1.29, 1.82) is 0 Å². The molecule has 0 aromatic heterocycles. The summed E-state index contributed by atoms with van der Waals surface area (Å²) < 4.78 is 5.81. The number of nitrogens with zero attached hydrogens (tertiary/aromatic N) is 1. The number of hydrogen-bond donors (Lipinski definition) is 0. The zero-order chi connectivity index (χ0) is 16.2. The van der Waals surface area contributed by atoms with Crippen molar-refractivity contribution in [2.45, 2.75) is 59.3 Å². The second-order valence-electron chi connectivity index (χ2n) is 5.74. The van der Waals surface area contributed by atoms with Crippen LogP contribution in [0.25, 0.3) is 0 Å². The smallest absolute Gasteiger partial charge is 0.153 e. The molecule has 0 amide bonds. The van der Waals surface area contributed by atoms with Gasteiger partial charge in [0.15, 0.2) is 6.29 Å². The first-order chi connectivity index (χ1) is 10.8. The van der Waals surface area contributed by atoms with Gasteiger partial charge in [0.2, 0.25) is 0 Å². The van der Waals surface area contributed by atoms with E-state index in [1.807, 2.05) is 18.2 Å². The van der Waals surface area contributed by atoms with Gasteiger partial charge in [-0.25, -0.2) is 0 Å². The predicted octanol–water partition coefficient (Wildman–Crippen LogP) is 5.08. The summed E-state index contributed by atoms with van der Waals surface area (Å²) in [5.41, 5.74) is 1.81. The zero-order valence-electron chi connectivity index (χ0n) is 14.4. The molecule has 0 bridgehead atoms. The van der Waals surface area contributed by atoms with E-state index in [4.69, 9.17) is 4.74 Å². The van der Waals surface area contributed by atoms with Gasteiger partial charge in [0.25, 0.3) is 0 Å². The molecule has 0 unspecified atom stereocenters. The van der Waals surface area contributed by atoms with Crippen LogP contribution in [0.15, 0.2) is 18.2 Å². The third-order valence-electron chi connectivity index (χ3n) is 3.81. The van der Waals surface area contributed by atoms with E-state index in [2.05, 4.69) is 25.7 Å². The fourth-order valence-corrected chi connectivity index (χ4v) is 2.34. The molecule has 0 aliphatic carbocycles. The Balaban J connectivity index is 2.88. The average molecular weight is 305 g/mol. The van der Waals surface area contributed by atoms with Crippen molar-refractivity contribution >= 4 is 12.0 Å². The highest BCUT2D eigenvalue weighted by Crippen LogP contribution is 2.26. The highest BCUT2D eigenvalue weighted by Gasteiger charge is 2.10. The van der Waals surface area contributed by atoms with E-state index >= 15 is 0 Å². The summed E-state index contributed by atoms with van der Waals surface area (Å²) >= 11 is 0. The van der Waals surface area contributed by atoms with Crippen LogP contribution in [-0.2, 0) is 0 Å². The fourth-order valence-electron chi connectivity index (χ4n) is 2.34. The van der Waals surface area contributed by atoms with E-state index in [0.29, 0.717) is 12.2 Å². The van der Waals surface area contributed by atoms with Crippen molar-refractivity contribution in [3.8, 4) is 5.75 Å². The molecular formula is C19H31NO2. The Labute approximate surface area is 135 Å². The number of rotatable bonds is 12. The summed E-state index contributed by atoms with van der Waals surface area (Å²) in [7, 11) is 0. The second kappa shape index (κ2) is 11.1. The zero-order valence-corrected chi connectivity index (χ0v) is 14.4. The molecule has 3 heteroatoms. The highest BCUT2D eigenvalue weighted by atomic mass is 16.5. The Morgan fingerprint density at radius 3 is 2.18 bits per heavy atom. The van der Waals surface area contributed by atoms with Gasteiger partial charge in [-0.15, -0.1) is 0 Å². The number of carbonyl (C=O) groups is 1. The van der Waals surface area contributed by atoms with E-state index < -0.39 is 0 Å². The molecule has 0 aliphatic rings. The summed E-state index contributed by atoms with van der Waals surface area (Å²) in [6.45, 7) is 9.36. The minimum atomic E-state index is 0.644. The Hall–Kier alpha value is -1.51. The van der Waals surface area contributed by atoms with Crippen LogP contribution < -0.4 is 9.64 Å². The quantitative estimate of drug-likeness (QED) is 0.398. The van der Waals surface area contributed by atoms with Crippen LogP contribution in [0.3, 0.4) is 0 Å². The van der Waals surface area contributed by atoms with Crippen molar-refractivity contribution in [3.05, 3.63) is 23.8 Å². The molecule has 0 fully saturated rings. The monoisotopic (exact) mass is 305 g/mol. The minimum Gasteiger partial charge on any atom is -0.493 e. The molecule has 22 heavy (non-hydrogen) atoms. The average Bonchev–Trinajstić information content (AvgIpc) is 2.55. The Bertz CT molecular complexity index is 423. The summed E-state index contributed by atoms with van der Waals surface area (Å²) in [4.78, 5) is 13.6. The van der Waals surface area contributed by atoms with Gasteiger partial charge in [-0.1, -0.05) is 40.0 Å². The van der Waals surface area contributed by atoms with Crippen LogP contribution in [0.5, 0.6) is 5.75 Å². The maximum Gasteiger partial charge on any atom is 0.153 e. The van der Waals surface area contributed by atoms with Gasteiger partial charge in [0.1, 0.15) is 5.75 Å². The second-order valence-corrected chi connectivity index (χ2v) is 5.74. The molecule has 0 saturated heterocycles. The lowest BCUT2D eigenvalue weighted by Crippen LogP contribution is -2.25. The largest absolute Gasteiger partial charge is 0.493 e. The number of hydrogen-bond acceptors (Lipinski definition) is 3. The summed E-state index contributed by atoms with van der Waals surface area (Å²) in [5.74, 6) is 0.721. The minimum absolute atomic E-state index is 0.644. The van der Waals surface area contributed by atoms with Gasteiger partial charge < -0.3 is 9.64 Å². The molecule has 0 N–H and O–H groups in total. The first kappa shape index (κ1) is 18.5. The van der Waals surface area contributed by atoms with Crippen LogP contribution in [0.1, 0.15) is 69.7 Å². The summed E-state index contributed by atoms with van der Waals surface area (Å²) in [5, 5.41) is 0. The van der Waals surface area contributed by atoms with Crippen LogP contribution >= 0.6 is 0 Å². The summed E-state index contributed by atoms with van der Waals surface area (Å²) in [6, 6.07) is 5.96. The molecule has 0 aliphatic heterocycles. The van der Waals surface area contributed by atoms with E-state index in [9.17, 15) is 4.79 Å². The molecule has 0 atom stereocenters. The van der Waals surface area contributed by atoms with E-state index in [1.54, 1.807) is 0 Å². The SMILES string of the molecule is CCCCOc1cc(N(CCCC)CCCC)ccc1C=O. The molecule has 0 heterocycles. The number of benzene rings is 1. The number of carbonyl (C=O) groups excluding carboxylic acids is 1. The van der Waals surface area contributed by atoms with Crippen LogP contribution in [0.2, 0.25) is 0 Å². The molecule has 1 aromatic carbocycles. The van der Waals surface area contributed by atoms with Crippen LogP contribution in [-0.4, -0.2) is 26.0 Å². The van der Waals surface area contributed by atoms with E-state index in [1.165, 1.54) is 31.4 Å². The van der Waals surface area contributed by atoms with Gasteiger partial charge in [-0.05, 0) is 31.4 Å². The maximum atomic E-state index is 11.2. The van der Waals surface area contributed by atoms with E-state index in [-0.39, 0.29) is 0 Å². The van der Waals surface area contributed by atoms with Gasteiger partial charge in [-0.3, -0.25) is 4.79 Å². The number of anilines is 1. The Morgan fingerprint density at radius 1 is 1.00 bits per heavy atom. The third kappa shape index (κ3) is 6.08. The van der Waals surface area contributed by atoms with Crippen LogP contribution in [0.4, 0.5) is 5.69 Å². The van der Waals surface area contributed by atoms with Crippen LogP contribution in [0, 0.1) is 0 Å². The highest BCUT2D eigenvalue weighted by molar-refractivity contribution is 5.80. The van der Waals surface area contributed by atoms with E-state index in [0.717, 1.165) is 38.0 Å². The molecule has 1 aromatic rings. The Morgan fingerprint density at radius 2 is 1.64 bits per heavy atom.